The maximum Gasteiger partial charge on any atom is 0.137 e. The number of ether oxygens (including phenoxy) is 1. The molecule has 0 saturated carbocycles. The third kappa shape index (κ3) is 1.54. The Labute approximate surface area is 82.5 Å². The van der Waals surface area contributed by atoms with E-state index in [0.29, 0.717) is 6.54 Å². The van der Waals surface area contributed by atoms with Crippen LogP contribution in [0.3, 0.4) is 0 Å². The molecule has 0 saturated heterocycles. The first-order valence-electron chi connectivity index (χ1n) is 4.46. The minimum absolute atomic E-state index is 0.549. The highest BCUT2D eigenvalue weighted by atomic mass is 16.5. The molecule has 0 unspecified atom stereocenters. The van der Waals surface area contributed by atoms with E-state index in [9.17, 15) is 0 Å². The lowest BCUT2D eigenvalue weighted by atomic mass is 10.1. The van der Waals surface area contributed by atoms with Gasteiger partial charge in [-0.1, -0.05) is 6.07 Å². The Hall–Kier alpha value is -1.61. The van der Waals surface area contributed by atoms with Crippen LogP contribution in [0.15, 0.2) is 30.5 Å². The highest BCUT2D eigenvalue weighted by Crippen LogP contribution is 2.18. The van der Waals surface area contributed by atoms with Crippen LogP contribution >= 0.6 is 0 Å². The first-order valence-corrected chi connectivity index (χ1v) is 4.46. The largest absolute Gasteiger partial charge is 0.495 e. The van der Waals surface area contributed by atoms with Crippen LogP contribution in [-0.4, -0.2) is 12.1 Å². The Kier molecular flexibility index (Phi) is 2.33. The van der Waals surface area contributed by atoms with Crippen molar-refractivity contribution in [1.82, 2.24) is 4.98 Å². The van der Waals surface area contributed by atoms with E-state index >= 15 is 0 Å². The molecule has 0 bridgehead atoms. The van der Waals surface area contributed by atoms with Crippen molar-refractivity contribution in [3.63, 3.8) is 0 Å². The Morgan fingerprint density at radius 2 is 2.21 bits per heavy atom. The maximum absolute atomic E-state index is 5.56. The van der Waals surface area contributed by atoms with Gasteiger partial charge in [0.15, 0.2) is 0 Å². The predicted molar refractivity (Wildman–Crippen MR) is 56.2 cm³/mol. The van der Waals surface area contributed by atoms with E-state index in [1.165, 1.54) is 0 Å². The quantitative estimate of drug-likeness (QED) is 0.780. The molecular weight excluding hydrogens is 176 g/mol. The summed E-state index contributed by atoms with van der Waals surface area (Å²) in [4.78, 5) is 4.26. The minimum Gasteiger partial charge on any atom is -0.495 e. The normalized spacial score (nSPS) is 10.4. The van der Waals surface area contributed by atoms with Crippen LogP contribution in [-0.2, 0) is 6.54 Å². The number of aromatic nitrogens is 1. The summed E-state index contributed by atoms with van der Waals surface area (Å²) in [6.45, 7) is 0.549. The number of benzene rings is 1. The van der Waals surface area contributed by atoms with Gasteiger partial charge in [0.2, 0.25) is 0 Å². The molecule has 0 aliphatic heterocycles. The fourth-order valence-electron chi connectivity index (χ4n) is 1.40. The average molecular weight is 188 g/mol. The van der Waals surface area contributed by atoms with Crippen molar-refractivity contribution in [1.29, 1.82) is 0 Å². The fourth-order valence-corrected chi connectivity index (χ4v) is 1.40. The molecular formula is C11H12N2O. The van der Waals surface area contributed by atoms with Gasteiger partial charge >= 0.3 is 0 Å². The molecule has 0 aliphatic carbocycles. The number of nitrogens with zero attached hydrogens (tertiary/aromatic N) is 1. The van der Waals surface area contributed by atoms with E-state index in [2.05, 4.69) is 4.98 Å². The number of fused-ring (bicyclic) bond motifs is 1. The molecule has 72 valence electrons. The number of methoxy groups -OCH3 is 1. The van der Waals surface area contributed by atoms with E-state index in [4.69, 9.17) is 10.5 Å². The number of hydrogen-bond donors (Lipinski definition) is 1. The van der Waals surface area contributed by atoms with Crippen LogP contribution in [0.25, 0.3) is 10.9 Å². The summed E-state index contributed by atoms with van der Waals surface area (Å²) >= 11 is 0. The third-order valence-corrected chi connectivity index (χ3v) is 2.19. The summed E-state index contributed by atoms with van der Waals surface area (Å²) in [5.74, 6) is 0.770. The smallest absolute Gasteiger partial charge is 0.137 e. The maximum atomic E-state index is 5.56. The van der Waals surface area contributed by atoms with Crippen LogP contribution in [0, 0.1) is 0 Å². The van der Waals surface area contributed by atoms with Crippen LogP contribution < -0.4 is 10.5 Å². The van der Waals surface area contributed by atoms with Gasteiger partial charge < -0.3 is 10.5 Å². The molecule has 0 aliphatic rings. The van der Waals surface area contributed by atoms with Crippen molar-refractivity contribution < 1.29 is 4.74 Å². The molecule has 0 spiro atoms. The summed E-state index contributed by atoms with van der Waals surface area (Å²) in [5.41, 5.74) is 7.63. The van der Waals surface area contributed by atoms with Gasteiger partial charge in [0.1, 0.15) is 5.75 Å². The summed E-state index contributed by atoms with van der Waals surface area (Å²) in [6, 6.07) is 7.95. The molecule has 2 N–H and O–H groups in total. The predicted octanol–water partition coefficient (Wildman–Crippen LogP) is 1.70. The van der Waals surface area contributed by atoms with E-state index in [0.717, 1.165) is 22.2 Å². The van der Waals surface area contributed by atoms with Crippen molar-refractivity contribution in [3.8, 4) is 5.75 Å². The van der Waals surface area contributed by atoms with Gasteiger partial charge in [0.25, 0.3) is 0 Å². The molecule has 3 heteroatoms. The first-order chi connectivity index (χ1) is 6.83. The Morgan fingerprint density at radius 3 is 2.93 bits per heavy atom. The fraction of sp³-hybridized carbons (Fsp3) is 0.182. The van der Waals surface area contributed by atoms with Crippen molar-refractivity contribution in [2.45, 2.75) is 6.54 Å². The van der Waals surface area contributed by atoms with Crippen molar-refractivity contribution >= 4 is 10.9 Å². The van der Waals surface area contributed by atoms with Crippen LogP contribution in [0.5, 0.6) is 5.75 Å². The van der Waals surface area contributed by atoms with E-state index in [1.807, 2.05) is 24.3 Å². The van der Waals surface area contributed by atoms with Crippen molar-refractivity contribution in [2.24, 2.45) is 5.73 Å². The van der Waals surface area contributed by atoms with E-state index in [1.54, 1.807) is 13.3 Å². The van der Waals surface area contributed by atoms with Gasteiger partial charge in [0, 0.05) is 11.9 Å². The topological polar surface area (TPSA) is 48.1 Å². The molecule has 3 nitrogen and oxygen atoms in total. The zero-order valence-electron chi connectivity index (χ0n) is 8.03. The molecule has 0 radical (unpaired) electrons. The first kappa shape index (κ1) is 8.97. The lowest BCUT2D eigenvalue weighted by molar-refractivity contribution is 0.414. The second-order valence-corrected chi connectivity index (χ2v) is 3.11. The van der Waals surface area contributed by atoms with E-state index < -0.39 is 0 Å². The molecule has 0 fully saturated rings. The molecule has 2 aromatic rings. The SMILES string of the molecule is COc1cnc2ccc(CN)cc2c1. The highest BCUT2D eigenvalue weighted by Gasteiger charge is 1.98. The molecule has 1 aromatic carbocycles. The standard InChI is InChI=1S/C11H12N2O/c1-14-10-5-9-4-8(6-12)2-3-11(9)13-7-10/h2-5,7H,6,12H2,1H3. The van der Waals surface area contributed by atoms with Gasteiger partial charge in [-0.15, -0.1) is 0 Å². The highest BCUT2D eigenvalue weighted by molar-refractivity contribution is 5.80. The van der Waals surface area contributed by atoms with Crippen LogP contribution in [0.2, 0.25) is 0 Å². The van der Waals surface area contributed by atoms with Gasteiger partial charge in [-0.2, -0.15) is 0 Å². The Balaban J connectivity index is 2.60. The second-order valence-electron chi connectivity index (χ2n) is 3.11. The molecule has 2 rings (SSSR count). The Bertz CT molecular complexity index is 415. The molecule has 0 amide bonds. The summed E-state index contributed by atoms with van der Waals surface area (Å²) < 4.78 is 5.10. The molecule has 0 atom stereocenters. The monoisotopic (exact) mass is 188 g/mol. The molecule has 1 aromatic heterocycles. The summed E-state index contributed by atoms with van der Waals surface area (Å²) in [6.07, 6.45) is 1.71. The second kappa shape index (κ2) is 3.64. The van der Waals surface area contributed by atoms with Crippen molar-refractivity contribution in [3.05, 3.63) is 36.0 Å². The van der Waals surface area contributed by atoms with Gasteiger partial charge in [-0.25, -0.2) is 0 Å². The lowest BCUT2D eigenvalue weighted by Gasteiger charge is -2.03. The number of hydrogen-bond acceptors (Lipinski definition) is 3. The summed E-state index contributed by atoms with van der Waals surface area (Å²) in [7, 11) is 1.63. The van der Waals surface area contributed by atoms with Gasteiger partial charge in [-0.3, -0.25) is 4.98 Å². The Morgan fingerprint density at radius 1 is 1.36 bits per heavy atom. The number of nitrogens with two attached hydrogens (primary N) is 1. The number of pyridine rings is 1. The van der Waals surface area contributed by atoms with Crippen LogP contribution in [0.1, 0.15) is 5.56 Å². The number of rotatable bonds is 2. The van der Waals surface area contributed by atoms with Gasteiger partial charge in [-0.05, 0) is 23.8 Å². The minimum atomic E-state index is 0.549. The molecule has 14 heavy (non-hydrogen) atoms. The summed E-state index contributed by atoms with van der Waals surface area (Å²) in [5, 5.41) is 1.06. The van der Waals surface area contributed by atoms with Gasteiger partial charge in [0.05, 0.1) is 18.8 Å². The lowest BCUT2D eigenvalue weighted by Crippen LogP contribution is -1.95. The average Bonchev–Trinajstić information content (AvgIpc) is 2.27. The zero-order chi connectivity index (χ0) is 9.97. The van der Waals surface area contributed by atoms with Crippen LogP contribution in [0.4, 0.5) is 0 Å². The zero-order valence-corrected chi connectivity index (χ0v) is 8.03. The molecule has 1 heterocycles. The van der Waals surface area contributed by atoms with Crippen molar-refractivity contribution in [2.75, 3.05) is 7.11 Å². The van der Waals surface area contributed by atoms with E-state index in [-0.39, 0.29) is 0 Å². The third-order valence-electron chi connectivity index (χ3n) is 2.19.